The van der Waals surface area contributed by atoms with Crippen molar-refractivity contribution in [2.75, 3.05) is 12.4 Å². The Hall–Kier alpha value is -1.59. The normalized spacial score (nSPS) is 10.4. The maximum Gasteiger partial charge on any atom is 0.337 e. The summed E-state index contributed by atoms with van der Waals surface area (Å²) < 4.78 is 4.70. The van der Waals surface area contributed by atoms with Gasteiger partial charge in [0.05, 0.1) is 40.6 Å². The predicted octanol–water partition coefficient (Wildman–Crippen LogP) is 3.81. The molecular formula is C14H15ClN2O2S. The van der Waals surface area contributed by atoms with Crippen LogP contribution in [0.4, 0.5) is 5.69 Å². The Morgan fingerprint density at radius 3 is 2.80 bits per heavy atom. The number of hydrogen-bond donors (Lipinski definition) is 1. The molecule has 106 valence electrons. The van der Waals surface area contributed by atoms with Crippen molar-refractivity contribution in [3.05, 3.63) is 44.4 Å². The third-order valence-corrected chi connectivity index (χ3v) is 4.23. The number of ether oxygens (including phenoxy) is 1. The molecule has 1 N–H and O–H groups in total. The number of aromatic nitrogens is 1. The van der Waals surface area contributed by atoms with E-state index in [0.717, 1.165) is 15.6 Å². The number of aryl methyl sites for hydroxylation is 2. The Labute approximate surface area is 126 Å². The van der Waals surface area contributed by atoms with Crippen LogP contribution in [-0.2, 0) is 11.3 Å². The van der Waals surface area contributed by atoms with E-state index in [9.17, 15) is 4.79 Å². The van der Waals surface area contributed by atoms with Crippen molar-refractivity contribution in [3.8, 4) is 0 Å². The second kappa shape index (κ2) is 6.24. The first-order valence-electron chi connectivity index (χ1n) is 6.06. The Bertz CT molecular complexity index is 640. The van der Waals surface area contributed by atoms with Gasteiger partial charge in [-0.2, -0.15) is 0 Å². The zero-order valence-electron chi connectivity index (χ0n) is 11.5. The van der Waals surface area contributed by atoms with E-state index in [2.05, 4.69) is 10.3 Å². The lowest BCUT2D eigenvalue weighted by molar-refractivity contribution is 0.0601. The van der Waals surface area contributed by atoms with Crippen LogP contribution in [0, 0.1) is 13.8 Å². The van der Waals surface area contributed by atoms with Crippen LogP contribution in [0.3, 0.4) is 0 Å². The summed E-state index contributed by atoms with van der Waals surface area (Å²) in [5, 5.41) is 4.84. The Morgan fingerprint density at radius 2 is 2.20 bits per heavy atom. The van der Waals surface area contributed by atoms with E-state index in [0.29, 0.717) is 22.8 Å². The molecule has 0 saturated heterocycles. The minimum absolute atomic E-state index is 0.380. The highest BCUT2D eigenvalue weighted by molar-refractivity contribution is 7.11. The minimum atomic E-state index is -0.380. The number of carbonyl (C=O) groups excluding carboxylic acids is 1. The highest BCUT2D eigenvalue weighted by atomic mass is 35.5. The van der Waals surface area contributed by atoms with Crippen molar-refractivity contribution in [2.24, 2.45) is 0 Å². The number of hydrogen-bond acceptors (Lipinski definition) is 5. The van der Waals surface area contributed by atoms with E-state index in [1.165, 1.54) is 7.11 Å². The van der Waals surface area contributed by atoms with E-state index >= 15 is 0 Å². The topological polar surface area (TPSA) is 51.2 Å². The Balaban J connectivity index is 2.16. The van der Waals surface area contributed by atoms with E-state index in [-0.39, 0.29) is 5.97 Å². The molecular weight excluding hydrogens is 296 g/mol. The molecule has 1 heterocycles. The van der Waals surface area contributed by atoms with Gasteiger partial charge in [0.1, 0.15) is 0 Å². The Morgan fingerprint density at radius 1 is 1.45 bits per heavy atom. The molecule has 2 aromatic rings. The van der Waals surface area contributed by atoms with Crippen LogP contribution in [0.2, 0.25) is 5.02 Å². The molecule has 0 saturated carbocycles. The molecule has 2 rings (SSSR count). The molecule has 0 atom stereocenters. The summed E-state index contributed by atoms with van der Waals surface area (Å²) in [6.07, 6.45) is 0. The number of nitrogens with zero attached hydrogens (tertiary/aromatic N) is 1. The fourth-order valence-electron chi connectivity index (χ4n) is 1.82. The summed E-state index contributed by atoms with van der Waals surface area (Å²) in [6, 6.07) is 5.01. The quantitative estimate of drug-likeness (QED) is 0.872. The van der Waals surface area contributed by atoms with Crippen molar-refractivity contribution in [1.82, 2.24) is 4.98 Å². The molecule has 0 aliphatic heterocycles. The van der Waals surface area contributed by atoms with Gasteiger partial charge in [-0.05, 0) is 32.0 Å². The molecule has 4 nitrogen and oxygen atoms in total. The number of methoxy groups -OCH3 is 1. The number of halogens is 1. The van der Waals surface area contributed by atoms with Crippen LogP contribution in [0.1, 0.15) is 25.9 Å². The van der Waals surface area contributed by atoms with Crippen molar-refractivity contribution in [2.45, 2.75) is 20.4 Å². The Kier molecular flexibility index (Phi) is 4.62. The van der Waals surface area contributed by atoms with Crippen LogP contribution in [-0.4, -0.2) is 18.1 Å². The zero-order valence-corrected chi connectivity index (χ0v) is 13.1. The van der Waals surface area contributed by atoms with Gasteiger partial charge >= 0.3 is 5.97 Å². The summed E-state index contributed by atoms with van der Waals surface area (Å²) in [7, 11) is 1.35. The predicted molar refractivity (Wildman–Crippen MR) is 81.7 cm³/mol. The van der Waals surface area contributed by atoms with Crippen LogP contribution in [0.25, 0.3) is 0 Å². The SMILES string of the molecule is COC(=O)c1ccc(Cl)c(NCc2sc(C)nc2C)c1. The number of anilines is 1. The number of nitrogens with one attached hydrogen (secondary N) is 1. The highest BCUT2D eigenvalue weighted by Gasteiger charge is 2.10. The van der Waals surface area contributed by atoms with E-state index in [4.69, 9.17) is 16.3 Å². The molecule has 0 aliphatic rings. The number of benzene rings is 1. The molecule has 0 amide bonds. The molecule has 0 fully saturated rings. The molecule has 0 bridgehead atoms. The van der Waals surface area contributed by atoms with Crippen molar-refractivity contribution >= 4 is 34.6 Å². The third kappa shape index (κ3) is 3.29. The van der Waals surface area contributed by atoms with E-state index in [1.54, 1.807) is 29.5 Å². The van der Waals surface area contributed by atoms with Crippen molar-refractivity contribution < 1.29 is 9.53 Å². The lowest BCUT2D eigenvalue weighted by Gasteiger charge is -2.09. The third-order valence-electron chi connectivity index (χ3n) is 2.83. The number of rotatable bonds is 4. The second-order valence-electron chi connectivity index (χ2n) is 4.28. The minimum Gasteiger partial charge on any atom is -0.465 e. The van der Waals surface area contributed by atoms with Gasteiger partial charge in [-0.1, -0.05) is 11.6 Å². The van der Waals surface area contributed by atoms with Gasteiger partial charge in [0.2, 0.25) is 0 Å². The standard InChI is InChI=1S/C14H15ClN2O2S/c1-8-13(20-9(2)17-8)7-16-12-6-10(14(18)19-3)4-5-11(12)15/h4-6,16H,7H2,1-3H3. The van der Waals surface area contributed by atoms with Gasteiger partial charge < -0.3 is 10.1 Å². The van der Waals surface area contributed by atoms with Gasteiger partial charge in [0.25, 0.3) is 0 Å². The maximum atomic E-state index is 11.5. The lowest BCUT2D eigenvalue weighted by Crippen LogP contribution is -2.04. The average molecular weight is 311 g/mol. The van der Waals surface area contributed by atoms with E-state index in [1.807, 2.05) is 13.8 Å². The average Bonchev–Trinajstić information content (AvgIpc) is 2.75. The van der Waals surface area contributed by atoms with Gasteiger partial charge in [-0.25, -0.2) is 9.78 Å². The molecule has 0 unspecified atom stereocenters. The first-order valence-corrected chi connectivity index (χ1v) is 7.25. The fraction of sp³-hybridized carbons (Fsp3) is 0.286. The summed E-state index contributed by atoms with van der Waals surface area (Å²) in [6.45, 7) is 4.58. The largest absolute Gasteiger partial charge is 0.465 e. The molecule has 0 aliphatic carbocycles. The van der Waals surface area contributed by atoms with Gasteiger partial charge in [-0.15, -0.1) is 11.3 Å². The number of carbonyl (C=O) groups is 1. The van der Waals surface area contributed by atoms with E-state index < -0.39 is 0 Å². The monoisotopic (exact) mass is 310 g/mol. The maximum absolute atomic E-state index is 11.5. The summed E-state index contributed by atoms with van der Waals surface area (Å²) in [5.74, 6) is -0.380. The first kappa shape index (κ1) is 14.8. The molecule has 20 heavy (non-hydrogen) atoms. The summed E-state index contributed by atoms with van der Waals surface area (Å²) in [4.78, 5) is 17.0. The highest BCUT2D eigenvalue weighted by Crippen LogP contribution is 2.25. The first-order chi connectivity index (χ1) is 9.51. The number of esters is 1. The molecule has 6 heteroatoms. The van der Waals surface area contributed by atoms with Crippen LogP contribution >= 0.6 is 22.9 Å². The molecule has 1 aromatic heterocycles. The smallest absolute Gasteiger partial charge is 0.337 e. The lowest BCUT2D eigenvalue weighted by atomic mass is 10.2. The van der Waals surface area contributed by atoms with Gasteiger partial charge in [-0.3, -0.25) is 0 Å². The van der Waals surface area contributed by atoms with Gasteiger partial charge in [0.15, 0.2) is 0 Å². The van der Waals surface area contributed by atoms with Crippen LogP contribution in [0.15, 0.2) is 18.2 Å². The summed E-state index contributed by atoms with van der Waals surface area (Å²) in [5.41, 5.74) is 2.19. The number of thiazole rings is 1. The van der Waals surface area contributed by atoms with Crippen LogP contribution < -0.4 is 5.32 Å². The zero-order chi connectivity index (χ0) is 14.7. The summed E-state index contributed by atoms with van der Waals surface area (Å²) >= 11 is 7.77. The van der Waals surface area contributed by atoms with Crippen molar-refractivity contribution in [1.29, 1.82) is 0 Å². The molecule has 0 spiro atoms. The fourth-order valence-corrected chi connectivity index (χ4v) is 2.88. The molecule has 0 radical (unpaired) electrons. The second-order valence-corrected chi connectivity index (χ2v) is 5.98. The van der Waals surface area contributed by atoms with Crippen LogP contribution in [0.5, 0.6) is 0 Å². The van der Waals surface area contributed by atoms with Crippen molar-refractivity contribution in [3.63, 3.8) is 0 Å². The molecule has 1 aromatic carbocycles. The van der Waals surface area contributed by atoms with Gasteiger partial charge in [0, 0.05) is 4.88 Å².